The smallest absolute Gasteiger partial charge is 0.339 e. The normalized spacial score (nSPS) is 12.6. The lowest BCUT2D eigenvalue weighted by atomic mass is 10.1. The van der Waals surface area contributed by atoms with Crippen LogP contribution in [0.2, 0.25) is 0 Å². The Morgan fingerprint density at radius 1 is 0.853 bits per heavy atom. The maximum atomic E-state index is 12.9. The molecular weight excluding hydrogens is 468 g/mol. The fraction of sp³-hybridized carbons (Fsp3) is 0. The molecule has 0 aliphatic carbocycles. The number of para-hydroxylation sites is 2. The van der Waals surface area contributed by atoms with E-state index in [2.05, 4.69) is 4.98 Å². The summed E-state index contributed by atoms with van der Waals surface area (Å²) >= 11 is 1.31. The molecular formula is C26H16N2O4S2. The molecule has 6 aromatic rings. The van der Waals surface area contributed by atoms with Crippen molar-refractivity contribution in [1.29, 1.82) is 0 Å². The fourth-order valence-corrected chi connectivity index (χ4v) is 5.83. The Hall–Kier alpha value is -4.01. The van der Waals surface area contributed by atoms with Crippen LogP contribution < -0.4 is 14.3 Å². The number of hydrogen-bond acceptors (Lipinski definition) is 6. The van der Waals surface area contributed by atoms with Gasteiger partial charge in [-0.3, -0.25) is 4.79 Å². The summed E-state index contributed by atoms with van der Waals surface area (Å²) in [6.45, 7) is 0. The third-order valence-electron chi connectivity index (χ3n) is 5.54. The van der Waals surface area contributed by atoms with Crippen molar-refractivity contribution in [2.75, 3.05) is 0 Å². The molecule has 34 heavy (non-hydrogen) atoms. The summed E-state index contributed by atoms with van der Waals surface area (Å²) in [7, 11) is -3.98. The largest absolute Gasteiger partial charge is 0.379 e. The Morgan fingerprint density at radius 3 is 2.41 bits per heavy atom. The minimum atomic E-state index is -3.98. The predicted molar refractivity (Wildman–Crippen MR) is 134 cm³/mol. The number of hydrogen-bond donors (Lipinski definition) is 0. The lowest BCUT2D eigenvalue weighted by molar-refractivity contribution is 0.486. The van der Waals surface area contributed by atoms with Crippen molar-refractivity contribution in [3.8, 4) is 5.75 Å². The van der Waals surface area contributed by atoms with E-state index in [-0.39, 0.29) is 16.2 Å². The van der Waals surface area contributed by atoms with Gasteiger partial charge in [0.15, 0.2) is 4.96 Å². The molecule has 0 unspecified atom stereocenters. The first kappa shape index (κ1) is 20.6. The van der Waals surface area contributed by atoms with Crippen LogP contribution in [0.15, 0.2) is 101 Å². The van der Waals surface area contributed by atoms with Gasteiger partial charge in [-0.15, -0.1) is 0 Å². The van der Waals surface area contributed by atoms with Gasteiger partial charge in [-0.2, -0.15) is 8.42 Å². The molecule has 0 saturated heterocycles. The quantitative estimate of drug-likeness (QED) is 0.347. The molecule has 6 rings (SSSR count). The van der Waals surface area contributed by atoms with Crippen molar-refractivity contribution in [2.24, 2.45) is 0 Å². The Bertz CT molecular complexity index is 1920. The molecule has 4 aromatic carbocycles. The summed E-state index contributed by atoms with van der Waals surface area (Å²) in [4.78, 5) is 18.2. The minimum absolute atomic E-state index is 0.0898. The van der Waals surface area contributed by atoms with E-state index in [1.165, 1.54) is 17.4 Å². The van der Waals surface area contributed by atoms with Gasteiger partial charge in [0.2, 0.25) is 0 Å². The van der Waals surface area contributed by atoms with Gasteiger partial charge in [-0.25, -0.2) is 9.38 Å². The number of benzene rings is 4. The van der Waals surface area contributed by atoms with E-state index in [9.17, 15) is 13.2 Å². The highest BCUT2D eigenvalue weighted by Crippen LogP contribution is 2.23. The predicted octanol–water partition coefficient (Wildman–Crippen LogP) is 4.38. The summed E-state index contributed by atoms with van der Waals surface area (Å²) < 4.78 is 33.0. The maximum absolute atomic E-state index is 12.9. The van der Waals surface area contributed by atoms with Gasteiger partial charge in [0.1, 0.15) is 10.6 Å². The van der Waals surface area contributed by atoms with Crippen LogP contribution in [-0.2, 0) is 10.1 Å². The van der Waals surface area contributed by atoms with Crippen LogP contribution in [0.4, 0.5) is 0 Å². The zero-order chi connectivity index (χ0) is 23.3. The standard InChI is InChI=1S/C26H16N2O4S2/c29-25-24(33-26-27-22-7-3-4-8-23(22)28(25)26)15-17-9-12-20(13-10-17)32-34(30,31)21-14-11-18-5-1-2-6-19(18)16-21/h1-16H/b24-15-. The molecule has 0 fully saturated rings. The average Bonchev–Trinajstić information content (AvgIpc) is 3.35. The zero-order valence-electron chi connectivity index (χ0n) is 17.6. The Kier molecular flexibility index (Phi) is 4.72. The Morgan fingerprint density at radius 2 is 1.59 bits per heavy atom. The van der Waals surface area contributed by atoms with Crippen molar-refractivity contribution in [2.45, 2.75) is 4.90 Å². The van der Waals surface area contributed by atoms with Crippen LogP contribution in [0.5, 0.6) is 5.75 Å². The van der Waals surface area contributed by atoms with Crippen molar-refractivity contribution in [1.82, 2.24) is 9.38 Å². The van der Waals surface area contributed by atoms with E-state index in [4.69, 9.17) is 4.18 Å². The number of aromatic nitrogens is 2. The molecule has 0 spiro atoms. The van der Waals surface area contributed by atoms with Crippen LogP contribution in [0.3, 0.4) is 0 Å². The lowest BCUT2D eigenvalue weighted by Crippen LogP contribution is -2.22. The van der Waals surface area contributed by atoms with E-state index in [0.29, 0.717) is 9.49 Å². The van der Waals surface area contributed by atoms with E-state index in [1.807, 2.05) is 48.5 Å². The topological polar surface area (TPSA) is 77.7 Å². The van der Waals surface area contributed by atoms with Crippen molar-refractivity contribution in [3.63, 3.8) is 0 Å². The zero-order valence-corrected chi connectivity index (χ0v) is 19.2. The second-order valence-electron chi connectivity index (χ2n) is 7.75. The van der Waals surface area contributed by atoms with Gasteiger partial charge < -0.3 is 4.18 Å². The highest BCUT2D eigenvalue weighted by molar-refractivity contribution is 7.87. The molecule has 2 heterocycles. The number of fused-ring (bicyclic) bond motifs is 4. The van der Waals surface area contributed by atoms with E-state index in [0.717, 1.165) is 27.4 Å². The minimum Gasteiger partial charge on any atom is -0.379 e. The fourth-order valence-electron chi connectivity index (χ4n) is 3.88. The van der Waals surface area contributed by atoms with Gasteiger partial charge in [0.25, 0.3) is 5.56 Å². The number of nitrogens with zero attached hydrogens (tertiary/aromatic N) is 2. The molecule has 166 valence electrons. The second kappa shape index (κ2) is 7.79. The van der Waals surface area contributed by atoms with E-state index >= 15 is 0 Å². The summed E-state index contributed by atoms with van der Waals surface area (Å²) in [5, 5.41) is 1.77. The van der Waals surface area contributed by atoms with Gasteiger partial charge >= 0.3 is 10.1 Å². The average molecular weight is 485 g/mol. The molecule has 0 aliphatic heterocycles. The first-order valence-electron chi connectivity index (χ1n) is 10.4. The van der Waals surface area contributed by atoms with Gasteiger partial charge in [0.05, 0.1) is 15.6 Å². The number of rotatable bonds is 4. The summed E-state index contributed by atoms with van der Waals surface area (Å²) in [6.07, 6.45) is 1.76. The molecule has 0 bridgehead atoms. The summed E-state index contributed by atoms with van der Waals surface area (Å²) in [5.41, 5.74) is 2.18. The molecule has 8 heteroatoms. The molecule has 0 radical (unpaired) electrons. The number of imidazole rings is 1. The first-order chi connectivity index (χ1) is 16.5. The Balaban J connectivity index is 1.30. The molecule has 6 nitrogen and oxygen atoms in total. The maximum Gasteiger partial charge on any atom is 0.339 e. The SMILES string of the molecule is O=c1/c(=C/c2ccc(OS(=O)(=O)c3ccc4ccccc4c3)cc2)sc2nc3ccccc3n12. The first-order valence-corrected chi connectivity index (χ1v) is 12.7. The molecule has 0 amide bonds. The number of thiazole rings is 1. The summed E-state index contributed by atoms with van der Waals surface area (Å²) in [5.74, 6) is 0.194. The van der Waals surface area contributed by atoms with Crippen LogP contribution >= 0.6 is 11.3 Å². The highest BCUT2D eigenvalue weighted by Gasteiger charge is 2.17. The molecule has 0 aliphatic rings. The van der Waals surface area contributed by atoms with E-state index < -0.39 is 10.1 Å². The lowest BCUT2D eigenvalue weighted by Gasteiger charge is -2.08. The third kappa shape index (κ3) is 3.53. The highest BCUT2D eigenvalue weighted by atomic mass is 32.2. The van der Waals surface area contributed by atoms with Crippen LogP contribution in [0.25, 0.3) is 32.8 Å². The van der Waals surface area contributed by atoms with E-state index in [1.54, 1.807) is 46.9 Å². The summed E-state index contributed by atoms with van der Waals surface area (Å²) in [6, 6.07) is 26.5. The monoisotopic (exact) mass is 484 g/mol. The molecule has 2 aromatic heterocycles. The molecule has 0 saturated carbocycles. The molecule has 0 atom stereocenters. The van der Waals surface area contributed by atoms with Crippen molar-refractivity contribution in [3.05, 3.63) is 111 Å². The van der Waals surface area contributed by atoms with Gasteiger partial charge in [-0.05, 0) is 58.8 Å². The van der Waals surface area contributed by atoms with Crippen molar-refractivity contribution >= 4 is 54.3 Å². The van der Waals surface area contributed by atoms with Crippen molar-refractivity contribution < 1.29 is 12.6 Å². The Labute approximate surface area is 198 Å². The van der Waals surface area contributed by atoms with Gasteiger partial charge in [0, 0.05) is 0 Å². The second-order valence-corrected chi connectivity index (χ2v) is 10.3. The van der Waals surface area contributed by atoms with Crippen LogP contribution in [-0.4, -0.2) is 17.8 Å². The van der Waals surface area contributed by atoms with Crippen LogP contribution in [0.1, 0.15) is 5.56 Å². The third-order valence-corrected chi connectivity index (χ3v) is 7.75. The molecule has 0 N–H and O–H groups in total. The van der Waals surface area contributed by atoms with Gasteiger partial charge in [-0.1, -0.05) is 65.9 Å². The van der Waals surface area contributed by atoms with Crippen LogP contribution in [0, 0.1) is 0 Å².